The van der Waals surface area contributed by atoms with Gasteiger partial charge in [0.1, 0.15) is 0 Å². The van der Waals surface area contributed by atoms with Crippen molar-refractivity contribution in [1.82, 2.24) is 0 Å². The van der Waals surface area contributed by atoms with Gasteiger partial charge in [-0.05, 0) is 45.4 Å². The van der Waals surface area contributed by atoms with Gasteiger partial charge < -0.3 is 40.0 Å². The van der Waals surface area contributed by atoms with Crippen molar-refractivity contribution in [2.45, 2.75) is 39.7 Å². The Hall–Kier alpha value is -0.797. The summed E-state index contributed by atoms with van der Waals surface area (Å²) in [6, 6.07) is 10.5. The standard InChI is InChI=1S/C22H26NO2.2ClH.Zr/c1-14(25-5)20-16(10-11-24)13-18-17-9-7-6-8-15(17)12-19(18)21(20)23-22(2,3)4;;;/h6-9,13,23-24H,10-11H2,1-5H3;2*1H;/q-1;;;+3/p-2. The minimum atomic E-state index is -0.106. The molecule has 0 aromatic heterocycles. The number of rotatable bonds is 4. The van der Waals surface area contributed by atoms with E-state index >= 15 is 0 Å². The number of anilines is 1. The Kier molecular flexibility index (Phi) is 10.5. The first-order valence-corrected chi connectivity index (χ1v) is 8.69. The molecule has 3 nitrogen and oxygen atoms in total. The molecule has 1 aliphatic rings. The van der Waals surface area contributed by atoms with E-state index in [0.717, 1.165) is 33.0 Å². The van der Waals surface area contributed by atoms with Gasteiger partial charge in [0.25, 0.3) is 0 Å². The molecular weight excluding hydrogens is 472 g/mol. The van der Waals surface area contributed by atoms with Crippen LogP contribution < -0.4 is 40.6 Å². The smallest absolute Gasteiger partial charge is 1.00 e. The van der Waals surface area contributed by atoms with Crippen molar-refractivity contribution in [3.05, 3.63) is 62.3 Å². The summed E-state index contributed by atoms with van der Waals surface area (Å²) in [5.41, 5.74) is 3.09. The third kappa shape index (κ3) is 5.42. The first-order valence-electron chi connectivity index (χ1n) is 8.69. The van der Waals surface area contributed by atoms with Crippen LogP contribution in [0.2, 0.25) is 0 Å². The molecule has 2 N–H and O–H groups in total. The Labute approximate surface area is 198 Å². The number of hydrogen-bond donors (Lipinski definition) is 2. The molecular formula is C22H26Cl2NO2Zr. The van der Waals surface area contributed by atoms with Crippen LogP contribution in [0, 0.1) is 10.4 Å². The molecule has 0 heterocycles. The van der Waals surface area contributed by atoms with Gasteiger partial charge in [0, 0.05) is 17.4 Å². The Morgan fingerprint density at radius 1 is 1.14 bits per heavy atom. The summed E-state index contributed by atoms with van der Waals surface area (Å²) in [5, 5.41) is 17.7. The van der Waals surface area contributed by atoms with Crippen LogP contribution in [0.3, 0.4) is 0 Å². The quantitative estimate of drug-likeness (QED) is 0.368. The van der Waals surface area contributed by atoms with Crippen LogP contribution >= 0.6 is 0 Å². The number of aliphatic hydroxyl groups excluding tert-OH is 1. The van der Waals surface area contributed by atoms with Crippen molar-refractivity contribution in [2.24, 2.45) is 0 Å². The maximum Gasteiger partial charge on any atom is 3.00 e. The van der Waals surface area contributed by atoms with Crippen molar-refractivity contribution in [3.63, 3.8) is 0 Å². The molecule has 2 aromatic carbocycles. The third-order valence-corrected chi connectivity index (χ3v) is 4.43. The van der Waals surface area contributed by atoms with Crippen molar-refractivity contribution in [3.8, 4) is 0 Å². The molecule has 0 unspecified atom stereocenters. The zero-order valence-corrected chi connectivity index (χ0v) is 20.9. The molecule has 0 saturated carbocycles. The average molecular weight is 499 g/mol. The summed E-state index contributed by atoms with van der Waals surface area (Å²) < 4.78 is 5.58. The summed E-state index contributed by atoms with van der Waals surface area (Å²) in [6.45, 7) is 8.51. The summed E-state index contributed by atoms with van der Waals surface area (Å²) in [5.74, 6) is 0.843. The van der Waals surface area contributed by atoms with E-state index in [1.807, 2.05) is 13.0 Å². The topological polar surface area (TPSA) is 41.5 Å². The molecule has 28 heavy (non-hydrogen) atoms. The second-order valence-electron chi connectivity index (χ2n) is 7.49. The molecule has 0 amide bonds. The number of halogens is 2. The van der Waals surface area contributed by atoms with Crippen LogP contribution in [-0.4, -0.2) is 24.4 Å². The SMILES string of the molecule is COC(C)=c1c(CCO)cc2c(c1NC(C)(C)C)[C-]=c1ccccc1=2.[Cl-].[Cl-].[Zr+3]. The first kappa shape index (κ1) is 27.2. The van der Waals surface area contributed by atoms with Crippen molar-refractivity contribution >= 4 is 17.5 Å². The maximum atomic E-state index is 9.58. The largest absolute Gasteiger partial charge is 3.00 e. The molecule has 0 bridgehead atoms. The van der Waals surface area contributed by atoms with E-state index in [2.05, 4.69) is 56.4 Å². The van der Waals surface area contributed by atoms with Gasteiger partial charge in [-0.15, -0.1) is 27.8 Å². The van der Waals surface area contributed by atoms with E-state index in [1.165, 1.54) is 10.4 Å². The van der Waals surface area contributed by atoms with Gasteiger partial charge in [0.2, 0.25) is 0 Å². The van der Waals surface area contributed by atoms with E-state index < -0.39 is 0 Å². The number of methoxy groups -OCH3 is 1. The van der Waals surface area contributed by atoms with Crippen LogP contribution in [-0.2, 0) is 37.4 Å². The van der Waals surface area contributed by atoms with Crippen molar-refractivity contribution in [1.29, 1.82) is 0 Å². The number of benzene rings is 2. The molecule has 149 valence electrons. The predicted octanol–water partition coefficient (Wildman–Crippen LogP) is -3.48. The predicted molar refractivity (Wildman–Crippen MR) is 103 cm³/mol. The molecule has 1 radical (unpaired) electrons. The summed E-state index contributed by atoms with van der Waals surface area (Å²) in [6.07, 6.45) is 4.15. The molecule has 1 aliphatic carbocycles. The zero-order chi connectivity index (χ0) is 18.2. The van der Waals surface area contributed by atoms with Gasteiger partial charge in [0.05, 0.1) is 12.9 Å². The molecule has 0 spiro atoms. The van der Waals surface area contributed by atoms with Crippen LogP contribution in [0.4, 0.5) is 5.69 Å². The fourth-order valence-electron chi connectivity index (χ4n) is 3.36. The summed E-state index contributed by atoms with van der Waals surface area (Å²) in [4.78, 5) is 0. The molecule has 0 fully saturated rings. The monoisotopic (exact) mass is 496 g/mol. The van der Waals surface area contributed by atoms with Gasteiger partial charge in [-0.2, -0.15) is 0 Å². The summed E-state index contributed by atoms with van der Waals surface area (Å²) in [7, 11) is 1.69. The minimum Gasteiger partial charge on any atom is -1.00 e. The number of aliphatic hydroxyl groups is 1. The number of hydrogen-bond acceptors (Lipinski definition) is 3. The fourth-order valence-corrected chi connectivity index (χ4v) is 3.36. The van der Waals surface area contributed by atoms with Crippen molar-refractivity contribution in [2.75, 3.05) is 19.0 Å². The molecule has 0 aliphatic heterocycles. The molecule has 6 heteroatoms. The van der Waals surface area contributed by atoms with Gasteiger partial charge in [0.15, 0.2) is 0 Å². The van der Waals surface area contributed by atoms with E-state index in [-0.39, 0.29) is 63.2 Å². The van der Waals surface area contributed by atoms with Crippen LogP contribution in [0.25, 0.3) is 11.8 Å². The zero-order valence-electron chi connectivity index (χ0n) is 16.9. The Morgan fingerprint density at radius 2 is 1.79 bits per heavy atom. The second kappa shape index (κ2) is 10.8. The second-order valence-corrected chi connectivity index (χ2v) is 7.49. The van der Waals surface area contributed by atoms with E-state index in [1.54, 1.807) is 7.11 Å². The first-order chi connectivity index (χ1) is 11.9. The fraction of sp³-hybridized carbons (Fsp3) is 0.364. The van der Waals surface area contributed by atoms with Gasteiger partial charge in [-0.3, -0.25) is 0 Å². The van der Waals surface area contributed by atoms with E-state index in [9.17, 15) is 5.11 Å². The minimum absolute atomic E-state index is 0. The Bertz CT molecular complexity index is 1030. The molecule has 0 saturated heterocycles. The Balaban J connectivity index is 0.00000243. The van der Waals surface area contributed by atoms with E-state index in [0.29, 0.717) is 6.42 Å². The Morgan fingerprint density at radius 3 is 2.36 bits per heavy atom. The third-order valence-electron chi connectivity index (χ3n) is 4.43. The number of fused-ring (bicyclic) bond motifs is 2. The molecule has 3 rings (SSSR count). The van der Waals surface area contributed by atoms with Gasteiger partial charge in [-0.25, -0.2) is 0 Å². The summed E-state index contributed by atoms with van der Waals surface area (Å²) >= 11 is 0. The van der Waals surface area contributed by atoms with Crippen LogP contribution in [0.5, 0.6) is 0 Å². The molecule has 0 atom stereocenters. The van der Waals surface area contributed by atoms with E-state index in [4.69, 9.17) is 4.74 Å². The number of nitrogens with one attached hydrogen (secondary N) is 1. The molecule has 2 aromatic rings. The maximum absolute atomic E-state index is 9.58. The van der Waals surface area contributed by atoms with Gasteiger partial charge in [-0.1, -0.05) is 29.8 Å². The number of ether oxygens (including phenoxy) is 1. The van der Waals surface area contributed by atoms with Crippen molar-refractivity contribution < 1.29 is 60.9 Å². The van der Waals surface area contributed by atoms with Crippen LogP contribution in [0.1, 0.15) is 38.8 Å². The normalized spacial score (nSPS) is 12.2. The van der Waals surface area contributed by atoms with Gasteiger partial charge >= 0.3 is 26.2 Å². The van der Waals surface area contributed by atoms with Crippen LogP contribution in [0.15, 0.2) is 30.3 Å². The average Bonchev–Trinajstić information content (AvgIpc) is 2.92.